The fraction of sp³-hybridized carbons (Fsp3) is 0.600. The molecule has 2 unspecified atom stereocenters. The maximum absolute atomic E-state index is 11.9. The van der Waals surface area contributed by atoms with E-state index >= 15 is 0 Å². The molecule has 2 aromatic heterocycles. The summed E-state index contributed by atoms with van der Waals surface area (Å²) >= 11 is 1.58. The van der Waals surface area contributed by atoms with Crippen LogP contribution < -0.4 is 11.5 Å². The van der Waals surface area contributed by atoms with E-state index in [9.17, 15) is 15.0 Å². The maximum Gasteiger partial charge on any atom is 0.323 e. The third-order valence-corrected chi connectivity index (χ3v) is 4.97. The van der Waals surface area contributed by atoms with Gasteiger partial charge in [-0.2, -0.15) is 11.8 Å². The quantitative estimate of drug-likeness (QED) is 0.406. The number of nitrogen functional groups attached to an aromatic ring is 1. The molecule has 11 nitrogen and oxygen atoms in total. The van der Waals surface area contributed by atoms with Crippen molar-refractivity contribution in [3.63, 3.8) is 0 Å². The Balaban J connectivity index is 1.67. The molecule has 27 heavy (non-hydrogen) atoms. The first-order valence-electron chi connectivity index (χ1n) is 8.29. The van der Waals surface area contributed by atoms with Crippen LogP contribution in [-0.4, -0.2) is 78.7 Å². The monoisotopic (exact) mass is 398 g/mol. The van der Waals surface area contributed by atoms with Gasteiger partial charge in [0.05, 0.1) is 6.33 Å². The number of rotatable bonds is 7. The highest BCUT2D eigenvalue weighted by molar-refractivity contribution is 7.98. The van der Waals surface area contributed by atoms with Crippen molar-refractivity contribution in [1.29, 1.82) is 0 Å². The Hall–Kier alpha value is -1.99. The summed E-state index contributed by atoms with van der Waals surface area (Å²) in [5.74, 6) is 0.348. The number of anilines is 1. The van der Waals surface area contributed by atoms with Gasteiger partial charge < -0.3 is 31.2 Å². The summed E-state index contributed by atoms with van der Waals surface area (Å²) in [6.45, 7) is -0.232. The molecule has 6 N–H and O–H groups in total. The van der Waals surface area contributed by atoms with E-state index in [0.29, 0.717) is 17.6 Å². The van der Waals surface area contributed by atoms with Crippen LogP contribution in [0, 0.1) is 0 Å². The number of nitrogens with zero attached hydrogens (tertiary/aromatic N) is 4. The van der Waals surface area contributed by atoms with Gasteiger partial charge in [-0.1, -0.05) is 0 Å². The first-order chi connectivity index (χ1) is 12.9. The summed E-state index contributed by atoms with van der Waals surface area (Å²) < 4.78 is 12.3. The van der Waals surface area contributed by atoms with Crippen LogP contribution in [0.4, 0.5) is 5.82 Å². The van der Waals surface area contributed by atoms with Gasteiger partial charge in [0, 0.05) is 0 Å². The van der Waals surface area contributed by atoms with Gasteiger partial charge in [-0.15, -0.1) is 0 Å². The van der Waals surface area contributed by atoms with Crippen LogP contribution in [0.5, 0.6) is 0 Å². The number of ether oxygens (including phenoxy) is 2. The molecule has 0 aliphatic carbocycles. The van der Waals surface area contributed by atoms with E-state index in [1.54, 1.807) is 11.8 Å². The number of imidazole rings is 1. The van der Waals surface area contributed by atoms with Crippen molar-refractivity contribution >= 4 is 34.7 Å². The highest BCUT2D eigenvalue weighted by Gasteiger charge is 2.45. The molecule has 2 aromatic rings. The summed E-state index contributed by atoms with van der Waals surface area (Å²) in [5, 5.41) is 20.6. The van der Waals surface area contributed by atoms with Gasteiger partial charge in [-0.25, -0.2) is 15.0 Å². The molecule has 0 bridgehead atoms. The molecule has 0 radical (unpaired) electrons. The van der Waals surface area contributed by atoms with Crippen molar-refractivity contribution in [2.24, 2.45) is 5.73 Å². The first-order valence-corrected chi connectivity index (χ1v) is 9.69. The van der Waals surface area contributed by atoms with Crippen molar-refractivity contribution in [3.8, 4) is 0 Å². The van der Waals surface area contributed by atoms with Gasteiger partial charge in [0.2, 0.25) is 0 Å². The fourth-order valence-electron chi connectivity index (χ4n) is 2.79. The van der Waals surface area contributed by atoms with E-state index in [0.717, 1.165) is 5.75 Å². The lowest BCUT2D eigenvalue weighted by Gasteiger charge is -2.17. The van der Waals surface area contributed by atoms with Crippen molar-refractivity contribution in [1.82, 2.24) is 19.5 Å². The molecule has 0 saturated carbocycles. The second-order valence-corrected chi connectivity index (χ2v) is 7.13. The highest BCUT2D eigenvalue weighted by Crippen LogP contribution is 2.32. The SMILES string of the molecule is CSCC[C@H](N)C(=O)OC[C@H]1O[C@@H](n2cnc3c(N)ncnc32)C(O)C1O. The predicted molar refractivity (Wildman–Crippen MR) is 97.6 cm³/mol. The number of hydrogen-bond acceptors (Lipinski definition) is 11. The summed E-state index contributed by atoms with van der Waals surface area (Å²) in [5.41, 5.74) is 12.2. The van der Waals surface area contributed by atoms with Crippen molar-refractivity contribution in [2.75, 3.05) is 24.3 Å². The lowest BCUT2D eigenvalue weighted by Crippen LogP contribution is -2.38. The molecule has 5 atom stereocenters. The van der Waals surface area contributed by atoms with E-state index in [1.807, 2.05) is 6.26 Å². The molecule has 148 valence electrons. The number of aromatic nitrogens is 4. The number of thioether (sulfide) groups is 1. The lowest BCUT2D eigenvalue weighted by atomic mass is 10.1. The van der Waals surface area contributed by atoms with E-state index in [-0.39, 0.29) is 12.4 Å². The average molecular weight is 398 g/mol. The van der Waals surface area contributed by atoms with Crippen LogP contribution >= 0.6 is 11.8 Å². The molecule has 1 aliphatic rings. The Morgan fingerprint density at radius 2 is 2.19 bits per heavy atom. The number of fused-ring (bicyclic) bond motifs is 1. The maximum atomic E-state index is 11.9. The van der Waals surface area contributed by atoms with E-state index in [1.165, 1.54) is 17.2 Å². The normalized spacial score (nSPS) is 26.4. The molecular weight excluding hydrogens is 376 g/mol. The minimum atomic E-state index is -1.27. The highest BCUT2D eigenvalue weighted by atomic mass is 32.2. The zero-order valence-electron chi connectivity index (χ0n) is 14.6. The van der Waals surface area contributed by atoms with Crippen molar-refractivity contribution < 1.29 is 24.5 Å². The summed E-state index contributed by atoms with van der Waals surface area (Å²) in [6, 6.07) is -0.742. The van der Waals surface area contributed by atoms with Crippen LogP contribution in [-0.2, 0) is 14.3 Å². The zero-order valence-corrected chi connectivity index (χ0v) is 15.5. The molecule has 12 heteroatoms. The Kier molecular flexibility index (Phi) is 6.11. The minimum Gasteiger partial charge on any atom is -0.462 e. The summed E-state index contributed by atoms with van der Waals surface area (Å²) in [7, 11) is 0. The van der Waals surface area contributed by atoms with Crippen LogP contribution in [0.1, 0.15) is 12.6 Å². The number of carbonyl (C=O) groups excluding carboxylic acids is 1. The van der Waals surface area contributed by atoms with E-state index < -0.39 is 36.6 Å². The van der Waals surface area contributed by atoms with E-state index in [4.69, 9.17) is 20.9 Å². The molecule has 0 amide bonds. The molecule has 3 rings (SSSR count). The van der Waals surface area contributed by atoms with Gasteiger partial charge in [0.1, 0.15) is 42.8 Å². The van der Waals surface area contributed by atoms with Crippen LogP contribution in [0.25, 0.3) is 11.2 Å². The molecular formula is C15H22N6O5S. The zero-order chi connectivity index (χ0) is 19.6. The number of aliphatic hydroxyl groups is 2. The fourth-order valence-corrected chi connectivity index (χ4v) is 3.28. The molecule has 0 spiro atoms. The third-order valence-electron chi connectivity index (χ3n) is 4.32. The summed E-state index contributed by atoms with van der Waals surface area (Å²) in [4.78, 5) is 24.0. The third kappa shape index (κ3) is 3.99. The lowest BCUT2D eigenvalue weighted by molar-refractivity contribution is -0.151. The molecule has 0 aromatic carbocycles. The number of aliphatic hydroxyl groups excluding tert-OH is 2. The van der Waals surface area contributed by atoms with Crippen molar-refractivity contribution in [2.45, 2.75) is 37.0 Å². The predicted octanol–water partition coefficient (Wildman–Crippen LogP) is -1.35. The number of carbonyl (C=O) groups is 1. The van der Waals surface area contributed by atoms with Crippen LogP contribution in [0.15, 0.2) is 12.7 Å². The standard InChI is InChI=1S/C15H22N6O5S/c1-27-3-2-7(16)15(24)25-4-8-10(22)11(23)14(26-8)21-6-20-9-12(17)18-5-19-13(9)21/h5-8,10-11,14,22-23H,2-4,16H2,1H3,(H2,17,18,19)/t7-,8+,10?,11?,14+/m0/s1. The summed E-state index contributed by atoms with van der Waals surface area (Å²) in [6.07, 6.45) is 0.648. The Morgan fingerprint density at radius 1 is 1.41 bits per heavy atom. The van der Waals surface area contributed by atoms with Crippen LogP contribution in [0.2, 0.25) is 0 Å². The molecule has 3 heterocycles. The number of esters is 1. The Morgan fingerprint density at radius 3 is 2.93 bits per heavy atom. The van der Waals surface area contributed by atoms with Gasteiger partial charge in [0.15, 0.2) is 17.7 Å². The largest absolute Gasteiger partial charge is 0.462 e. The van der Waals surface area contributed by atoms with Gasteiger partial charge in [0.25, 0.3) is 0 Å². The molecule has 1 aliphatic heterocycles. The minimum absolute atomic E-state index is 0.191. The smallest absolute Gasteiger partial charge is 0.323 e. The number of hydrogen-bond donors (Lipinski definition) is 4. The molecule has 1 saturated heterocycles. The Bertz CT molecular complexity index is 804. The topological polar surface area (TPSA) is 172 Å². The first kappa shape index (κ1) is 19.8. The second kappa shape index (κ2) is 8.35. The van der Waals surface area contributed by atoms with Gasteiger partial charge in [-0.3, -0.25) is 9.36 Å². The van der Waals surface area contributed by atoms with Gasteiger partial charge >= 0.3 is 5.97 Å². The van der Waals surface area contributed by atoms with Crippen molar-refractivity contribution in [3.05, 3.63) is 12.7 Å². The van der Waals surface area contributed by atoms with Gasteiger partial charge in [-0.05, 0) is 18.4 Å². The number of nitrogens with two attached hydrogens (primary N) is 2. The Labute approximate surface area is 159 Å². The average Bonchev–Trinajstić information content (AvgIpc) is 3.21. The molecule has 1 fully saturated rings. The second-order valence-electron chi connectivity index (χ2n) is 6.15. The van der Waals surface area contributed by atoms with Crippen LogP contribution in [0.3, 0.4) is 0 Å². The van der Waals surface area contributed by atoms with E-state index in [2.05, 4.69) is 15.0 Å².